The van der Waals surface area contributed by atoms with E-state index in [1.165, 1.54) is 5.69 Å². The molecule has 0 radical (unpaired) electrons. The van der Waals surface area contributed by atoms with E-state index in [2.05, 4.69) is 34.3 Å². The first kappa shape index (κ1) is 12.7. The molecular formula is C14H21N3O2. The highest BCUT2D eigenvalue weighted by molar-refractivity contribution is 5.50. The number of pyridine rings is 1. The fraction of sp³-hybridized carbons (Fsp3) is 0.643. The van der Waals surface area contributed by atoms with Gasteiger partial charge in [-0.15, -0.1) is 0 Å². The zero-order chi connectivity index (χ0) is 13.1. The number of ether oxygens (including phenoxy) is 2. The summed E-state index contributed by atoms with van der Waals surface area (Å²) in [5, 5.41) is 3.44. The van der Waals surface area contributed by atoms with Gasteiger partial charge in [-0.05, 0) is 25.5 Å². The number of morpholine rings is 1. The Morgan fingerprint density at radius 3 is 2.74 bits per heavy atom. The Balaban J connectivity index is 1.61. The molecule has 0 unspecified atom stereocenters. The van der Waals surface area contributed by atoms with Crippen molar-refractivity contribution in [3.05, 3.63) is 18.3 Å². The molecule has 2 atom stereocenters. The van der Waals surface area contributed by atoms with Crippen LogP contribution in [-0.4, -0.2) is 50.0 Å². The monoisotopic (exact) mass is 263 g/mol. The quantitative estimate of drug-likeness (QED) is 0.895. The van der Waals surface area contributed by atoms with Gasteiger partial charge in [0.15, 0.2) is 0 Å². The van der Waals surface area contributed by atoms with Crippen molar-refractivity contribution in [1.29, 1.82) is 0 Å². The van der Waals surface area contributed by atoms with Crippen LogP contribution in [0.1, 0.15) is 13.3 Å². The van der Waals surface area contributed by atoms with E-state index < -0.39 is 0 Å². The maximum atomic E-state index is 5.54. The number of nitrogens with zero attached hydrogens (tertiary/aromatic N) is 2. The lowest BCUT2D eigenvalue weighted by molar-refractivity contribution is 0.121. The van der Waals surface area contributed by atoms with Crippen molar-refractivity contribution in [1.82, 2.24) is 4.98 Å². The molecule has 1 aromatic heterocycles. The summed E-state index contributed by atoms with van der Waals surface area (Å²) in [6.45, 7) is 6.44. The Hall–Kier alpha value is -1.33. The number of hydrogen-bond acceptors (Lipinski definition) is 5. The number of hydrogen-bond donors (Lipinski definition) is 1. The van der Waals surface area contributed by atoms with E-state index in [-0.39, 0.29) is 6.10 Å². The minimum Gasteiger partial charge on any atom is -0.378 e. The van der Waals surface area contributed by atoms with Crippen LogP contribution in [0.25, 0.3) is 0 Å². The Morgan fingerprint density at radius 1 is 1.26 bits per heavy atom. The van der Waals surface area contributed by atoms with Gasteiger partial charge in [-0.25, -0.2) is 4.98 Å². The molecular weight excluding hydrogens is 242 g/mol. The molecule has 0 amide bonds. The van der Waals surface area contributed by atoms with Crippen molar-refractivity contribution in [3.63, 3.8) is 0 Å². The highest BCUT2D eigenvalue weighted by atomic mass is 16.5. The smallest absolute Gasteiger partial charge is 0.126 e. The first-order valence-electron chi connectivity index (χ1n) is 7.00. The molecule has 3 rings (SSSR count). The van der Waals surface area contributed by atoms with Crippen molar-refractivity contribution in [2.75, 3.05) is 43.1 Å². The molecule has 104 valence electrons. The first-order chi connectivity index (χ1) is 9.33. The van der Waals surface area contributed by atoms with Crippen LogP contribution in [0.4, 0.5) is 11.5 Å². The van der Waals surface area contributed by atoms with Crippen molar-refractivity contribution in [2.24, 2.45) is 0 Å². The number of anilines is 2. The van der Waals surface area contributed by atoms with E-state index in [0.717, 1.165) is 45.1 Å². The molecule has 0 aromatic carbocycles. The van der Waals surface area contributed by atoms with Gasteiger partial charge in [0, 0.05) is 19.7 Å². The lowest BCUT2D eigenvalue weighted by Gasteiger charge is -2.28. The molecule has 0 aliphatic carbocycles. The third-order valence-electron chi connectivity index (χ3n) is 3.83. The highest BCUT2D eigenvalue weighted by Crippen LogP contribution is 2.20. The molecule has 0 bridgehead atoms. The molecule has 5 heteroatoms. The SMILES string of the molecule is C[C@H]1OCC[C@@H]1Nc1ccc(N2CCOCC2)cn1. The van der Waals surface area contributed by atoms with Gasteiger partial charge in [0.25, 0.3) is 0 Å². The average Bonchev–Trinajstić information content (AvgIpc) is 2.86. The molecule has 19 heavy (non-hydrogen) atoms. The number of aromatic nitrogens is 1. The molecule has 2 aliphatic heterocycles. The summed E-state index contributed by atoms with van der Waals surface area (Å²) >= 11 is 0. The van der Waals surface area contributed by atoms with E-state index in [1.807, 2.05) is 6.20 Å². The van der Waals surface area contributed by atoms with Crippen LogP contribution < -0.4 is 10.2 Å². The second kappa shape index (κ2) is 5.75. The molecule has 2 fully saturated rings. The zero-order valence-electron chi connectivity index (χ0n) is 11.3. The number of rotatable bonds is 3. The molecule has 2 saturated heterocycles. The molecule has 5 nitrogen and oxygen atoms in total. The van der Waals surface area contributed by atoms with Gasteiger partial charge in [-0.2, -0.15) is 0 Å². The first-order valence-corrected chi connectivity index (χ1v) is 7.00. The summed E-state index contributed by atoms with van der Waals surface area (Å²) in [5.74, 6) is 0.930. The van der Waals surface area contributed by atoms with Crippen LogP contribution in [0, 0.1) is 0 Å². The molecule has 1 N–H and O–H groups in total. The number of nitrogens with one attached hydrogen (secondary N) is 1. The summed E-state index contributed by atoms with van der Waals surface area (Å²) in [6.07, 6.45) is 3.25. The second-order valence-electron chi connectivity index (χ2n) is 5.12. The fourth-order valence-corrected chi connectivity index (χ4v) is 2.59. The maximum Gasteiger partial charge on any atom is 0.126 e. The summed E-state index contributed by atoms with van der Waals surface area (Å²) in [5.41, 5.74) is 1.17. The minimum atomic E-state index is 0.265. The molecule has 0 saturated carbocycles. The van der Waals surface area contributed by atoms with Crippen LogP contribution in [0.5, 0.6) is 0 Å². The molecule has 0 spiro atoms. The predicted octanol–water partition coefficient (Wildman–Crippen LogP) is 1.51. The summed E-state index contributed by atoms with van der Waals surface area (Å²) in [7, 11) is 0. The second-order valence-corrected chi connectivity index (χ2v) is 5.12. The van der Waals surface area contributed by atoms with E-state index in [9.17, 15) is 0 Å². The van der Waals surface area contributed by atoms with Crippen molar-refractivity contribution in [3.8, 4) is 0 Å². The topological polar surface area (TPSA) is 46.6 Å². The fourth-order valence-electron chi connectivity index (χ4n) is 2.59. The van der Waals surface area contributed by atoms with Crippen LogP contribution in [-0.2, 0) is 9.47 Å². The van der Waals surface area contributed by atoms with E-state index >= 15 is 0 Å². The lowest BCUT2D eigenvalue weighted by Crippen LogP contribution is -2.36. The average molecular weight is 263 g/mol. The van der Waals surface area contributed by atoms with Gasteiger partial charge in [0.05, 0.1) is 37.2 Å². The Labute approximate surface area is 113 Å². The third-order valence-corrected chi connectivity index (χ3v) is 3.83. The summed E-state index contributed by atoms with van der Waals surface area (Å²) in [6, 6.07) is 4.55. The van der Waals surface area contributed by atoms with Gasteiger partial charge >= 0.3 is 0 Å². The molecule has 1 aromatic rings. The predicted molar refractivity (Wildman–Crippen MR) is 74.7 cm³/mol. The van der Waals surface area contributed by atoms with E-state index in [0.29, 0.717) is 6.04 Å². The zero-order valence-corrected chi connectivity index (χ0v) is 11.3. The Bertz CT molecular complexity index is 404. The standard InChI is InChI=1S/C14H21N3O2/c1-11-13(4-7-19-11)16-14-3-2-12(10-15-14)17-5-8-18-9-6-17/h2-3,10-11,13H,4-9H2,1H3,(H,15,16)/t11-,13+/m1/s1. The highest BCUT2D eigenvalue weighted by Gasteiger charge is 2.24. The van der Waals surface area contributed by atoms with Crippen LogP contribution in [0.3, 0.4) is 0 Å². The van der Waals surface area contributed by atoms with Crippen LogP contribution in [0.15, 0.2) is 18.3 Å². The van der Waals surface area contributed by atoms with Crippen molar-refractivity contribution < 1.29 is 9.47 Å². The Kier molecular flexibility index (Phi) is 3.84. The van der Waals surface area contributed by atoms with Crippen molar-refractivity contribution >= 4 is 11.5 Å². The minimum absolute atomic E-state index is 0.265. The summed E-state index contributed by atoms with van der Waals surface area (Å²) < 4.78 is 10.9. The van der Waals surface area contributed by atoms with Gasteiger partial charge in [-0.3, -0.25) is 0 Å². The molecule has 3 heterocycles. The third kappa shape index (κ3) is 2.98. The van der Waals surface area contributed by atoms with Gasteiger partial charge in [-0.1, -0.05) is 0 Å². The maximum absolute atomic E-state index is 5.54. The van der Waals surface area contributed by atoms with E-state index in [1.54, 1.807) is 0 Å². The lowest BCUT2D eigenvalue weighted by atomic mass is 10.1. The van der Waals surface area contributed by atoms with Crippen LogP contribution >= 0.6 is 0 Å². The normalized spacial score (nSPS) is 27.5. The van der Waals surface area contributed by atoms with Crippen molar-refractivity contribution in [2.45, 2.75) is 25.5 Å². The molecule has 2 aliphatic rings. The Morgan fingerprint density at radius 2 is 2.11 bits per heavy atom. The summed E-state index contributed by atoms with van der Waals surface area (Å²) in [4.78, 5) is 6.81. The van der Waals surface area contributed by atoms with Gasteiger partial charge in [0.2, 0.25) is 0 Å². The van der Waals surface area contributed by atoms with Gasteiger partial charge in [0.1, 0.15) is 5.82 Å². The van der Waals surface area contributed by atoms with Crippen LogP contribution in [0.2, 0.25) is 0 Å². The largest absolute Gasteiger partial charge is 0.378 e. The van der Waals surface area contributed by atoms with E-state index in [4.69, 9.17) is 9.47 Å². The van der Waals surface area contributed by atoms with Gasteiger partial charge < -0.3 is 19.7 Å².